The van der Waals surface area contributed by atoms with E-state index < -0.39 is 0 Å². The highest BCUT2D eigenvalue weighted by Gasteiger charge is 2.41. The molecule has 0 aromatic carbocycles. The van der Waals surface area contributed by atoms with Crippen LogP contribution in [-0.2, 0) is 14.3 Å². The summed E-state index contributed by atoms with van der Waals surface area (Å²) < 4.78 is 12.3. The Labute approximate surface area is 225 Å². The number of piperazine rings is 1. The van der Waals surface area contributed by atoms with E-state index in [0.717, 1.165) is 12.8 Å². The average molecular weight is 528 g/mol. The van der Waals surface area contributed by atoms with Crippen LogP contribution < -0.4 is 10.1 Å². The zero-order chi connectivity index (χ0) is 26.9. The fraction of sp³-hybridized carbons (Fsp3) is 0.714. The number of nitrogens with zero attached hydrogens (tertiary/aromatic N) is 4. The van der Waals surface area contributed by atoms with E-state index in [2.05, 4.69) is 15.2 Å². The molecule has 5 rings (SSSR count). The van der Waals surface area contributed by atoms with Crippen molar-refractivity contribution in [2.24, 2.45) is 5.41 Å². The van der Waals surface area contributed by atoms with E-state index in [-0.39, 0.29) is 60.4 Å². The molecule has 1 aromatic heterocycles. The van der Waals surface area contributed by atoms with E-state index in [9.17, 15) is 14.4 Å². The molecule has 4 heterocycles. The minimum absolute atomic E-state index is 0.0623. The van der Waals surface area contributed by atoms with E-state index in [1.807, 2.05) is 25.7 Å². The highest BCUT2D eigenvalue weighted by atomic mass is 16.5. The average Bonchev–Trinajstić information content (AvgIpc) is 3.55. The van der Waals surface area contributed by atoms with Gasteiger partial charge in [-0.25, -0.2) is 4.98 Å². The van der Waals surface area contributed by atoms with Crippen molar-refractivity contribution in [3.05, 3.63) is 23.9 Å². The molecule has 3 atom stereocenters. The maximum atomic E-state index is 13.4. The van der Waals surface area contributed by atoms with Crippen LogP contribution in [0.4, 0.5) is 0 Å². The molecule has 38 heavy (non-hydrogen) atoms. The van der Waals surface area contributed by atoms with Gasteiger partial charge in [0.15, 0.2) is 0 Å². The molecule has 0 unspecified atom stereocenters. The normalized spacial score (nSPS) is 27.8. The molecule has 1 N–H and O–H groups in total. The molecule has 10 nitrogen and oxygen atoms in total. The second-order valence-electron chi connectivity index (χ2n) is 12.3. The Morgan fingerprint density at radius 1 is 1.11 bits per heavy atom. The number of likely N-dealkylation sites (tertiary alicyclic amines) is 1. The lowest BCUT2D eigenvalue weighted by molar-refractivity contribution is -0.149. The third kappa shape index (κ3) is 6.12. The van der Waals surface area contributed by atoms with Crippen LogP contribution in [0.1, 0.15) is 63.2 Å². The van der Waals surface area contributed by atoms with E-state index >= 15 is 0 Å². The number of ether oxygens (including phenoxy) is 2. The highest BCUT2D eigenvalue weighted by Crippen LogP contribution is 2.29. The minimum atomic E-state index is -0.364. The molecule has 0 radical (unpaired) electrons. The van der Waals surface area contributed by atoms with Gasteiger partial charge >= 0.3 is 0 Å². The van der Waals surface area contributed by atoms with Gasteiger partial charge in [-0.05, 0) is 30.4 Å². The van der Waals surface area contributed by atoms with Crippen molar-refractivity contribution in [3.63, 3.8) is 0 Å². The predicted octanol–water partition coefficient (Wildman–Crippen LogP) is 1.69. The molecule has 3 aliphatic heterocycles. The molecule has 1 saturated carbocycles. The van der Waals surface area contributed by atoms with Crippen LogP contribution in [0.2, 0.25) is 0 Å². The zero-order valence-corrected chi connectivity index (χ0v) is 22.9. The van der Waals surface area contributed by atoms with Crippen molar-refractivity contribution in [2.75, 3.05) is 45.9 Å². The summed E-state index contributed by atoms with van der Waals surface area (Å²) in [6, 6.07) is 3.33. The van der Waals surface area contributed by atoms with E-state index in [1.165, 1.54) is 12.8 Å². The highest BCUT2D eigenvalue weighted by molar-refractivity contribution is 5.96. The van der Waals surface area contributed by atoms with Crippen LogP contribution in [0.25, 0.3) is 0 Å². The first-order chi connectivity index (χ1) is 18.2. The third-order valence-corrected chi connectivity index (χ3v) is 8.14. The fourth-order valence-corrected chi connectivity index (χ4v) is 6.16. The Morgan fingerprint density at radius 3 is 2.66 bits per heavy atom. The molecular weight excluding hydrogens is 486 g/mol. The number of nitrogens with one attached hydrogen (secondary N) is 1. The number of carbonyl (C=O) groups is 3. The van der Waals surface area contributed by atoms with Crippen molar-refractivity contribution >= 4 is 17.7 Å². The summed E-state index contributed by atoms with van der Waals surface area (Å²) in [6.07, 6.45) is 6.52. The van der Waals surface area contributed by atoms with Gasteiger partial charge in [-0.1, -0.05) is 33.6 Å². The Hall–Kier alpha value is -2.72. The first-order valence-corrected chi connectivity index (χ1v) is 14.0. The standard InChI is InChI=1S/C28H41N5O5/c1-28(2,3)13-24(34)31-11-12-33-20(14-31)17-38-27-21(9-6-10-29-27)26(36)30-22-15-32(19-7-4-5-8-19)16-23(22)37-18-25(33)35/h6,9-10,19-20,22-23H,4-5,7-8,11-18H2,1-3H3,(H,30,36)/t20-,22+,23-/m0/s1. The van der Waals surface area contributed by atoms with Crippen LogP contribution >= 0.6 is 0 Å². The summed E-state index contributed by atoms with van der Waals surface area (Å²) in [7, 11) is 0. The number of fused-ring (bicyclic) bond motifs is 3. The first-order valence-electron chi connectivity index (χ1n) is 14.0. The summed E-state index contributed by atoms with van der Waals surface area (Å²) in [6.45, 7) is 8.86. The van der Waals surface area contributed by atoms with Gasteiger partial charge < -0.3 is 24.6 Å². The summed E-state index contributed by atoms with van der Waals surface area (Å²) >= 11 is 0. The molecule has 2 saturated heterocycles. The smallest absolute Gasteiger partial charge is 0.257 e. The summed E-state index contributed by atoms with van der Waals surface area (Å²) in [4.78, 5) is 50.1. The van der Waals surface area contributed by atoms with Crippen molar-refractivity contribution in [1.82, 2.24) is 25.0 Å². The molecule has 1 aromatic rings. The number of rotatable bonds is 2. The van der Waals surface area contributed by atoms with Crippen LogP contribution in [0.5, 0.6) is 5.88 Å². The summed E-state index contributed by atoms with van der Waals surface area (Å²) in [5, 5.41) is 3.14. The summed E-state index contributed by atoms with van der Waals surface area (Å²) in [5.74, 6) is -0.0696. The van der Waals surface area contributed by atoms with Gasteiger partial charge in [0.05, 0.1) is 18.2 Å². The van der Waals surface area contributed by atoms with Crippen molar-refractivity contribution in [1.29, 1.82) is 0 Å². The Kier molecular flexibility index (Phi) is 7.90. The van der Waals surface area contributed by atoms with Gasteiger partial charge in [0.1, 0.15) is 18.8 Å². The van der Waals surface area contributed by atoms with Crippen LogP contribution in [0.3, 0.4) is 0 Å². The Balaban J connectivity index is 1.37. The number of aromatic nitrogens is 1. The Morgan fingerprint density at radius 2 is 1.89 bits per heavy atom. The van der Waals surface area contributed by atoms with Gasteiger partial charge in [0.2, 0.25) is 17.7 Å². The number of pyridine rings is 1. The topological polar surface area (TPSA) is 104 Å². The fourth-order valence-electron chi connectivity index (χ4n) is 6.16. The second kappa shape index (κ2) is 11.2. The molecule has 3 fully saturated rings. The van der Waals surface area contributed by atoms with Crippen molar-refractivity contribution in [2.45, 2.75) is 77.1 Å². The lowest BCUT2D eigenvalue weighted by Crippen LogP contribution is -2.59. The molecule has 1 aliphatic carbocycles. The van der Waals surface area contributed by atoms with Gasteiger partial charge in [0.25, 0.3) is 5.91 Å². The molecule has 4 aliphatic rings. The molecule has 0 spiro atoms. The Bertz CT molecular complexity index is 1040. The van der Waals surface area contributed by atoms with E-state index in [1.54, 1.807) is 23.2 Å². The number of hydrogen-bond acceptors (Lipinski definition) is 7. The largest absolute Gasteiger partial charge is 0.475 e. The van der Waals surface area contributed by atoms with Crippen LogP contribution in [0.15, 0.2) is 18.3 Å². The first kappa shape index (κ1) is 26.9. The lowest BCUT2D eigenvalue weighted by Gasteiger charge is -2.42. The molecule has 0 bridgehead atoms. The predicted molar refractivity (Wildman–Crippen MR) is 141 cm³/mol. The van der Waals surface area contributed by atoms with E-state index in [0.29, 0.717) is 50.7 Å². The molecular formula is C28H41N5O5. The minimum Gasteiger partial charge on any atom is -0.475 e. The maximum Gasteiger partial charge on any atom is 0.257 e. The van der Waals surface area contributed by atoms with Crippen molar-refractivity contribution in [3.8, 4) is 5.88 Å². The number of hydrogen-bond donors (Lipinski definition) is 1. The third-order valence-electron chi connectivity index (χ3n) is 8.14. The zero-order valence-electron chi connectivity index (χ0n) is 22.9. The van der Waals surface area contributed by atoms with Gasteiger partial charge in [-0.15, -0.1) is 0 Å². The van der Waals surface area contributed by atoms with Gasteiger partial charge in [-0.2, -0.15) is 0 Å². The number of amides is 3. The van der Waals surface area contributed by atoms with Crippen molar-refractivity contribution < 1.29 is 23.9 Å². The van der Waals surface area contributed by atoms with Gasteiger partial charge in [0, 0.05) is 51.4 Å². The second-order valence-corrected chi connectivity index (χ2v) is 12.3. The van der Waals surface area contributed by atoms with Gasteiger partial charge in [-0.3, -0.25) is 19.3 Å². The SMILES string of the molecule is CC(C)(C)CC(=O)N1CCN2C(=O)CO[C@H]3CN(C4CCCC4)C[C@H]3NC(=O)c3cccnc3OC[C@@H]2C1. The number of carbonyl (C=O) groups excluding carboxylic acids is 3. The quantitative estimate of drug-likeness (QED) is 0.624. The maximum absolute atomic E-state index is 13.4. The molecule has 3 amide bonds. The lowest BCUT2D eigenvalue weighted by atomic mass is 9.91. The molecule has 208 valence electrons. The van der Waals surface area contributed by atoms with Crippen LogP contribution in [0, 0.1) is 5.41 Å². The van der Waals surface area contributed by atoms with Crippen LogP contribution in [-0.4, -0.2) is 108 Å². The van der Waals surface area contributed by atoms with E-state index in [4.69, 9.17) is 9.47 Å². The summed E-state index contributed by atoms with van der Waals surface area (Å²) in [5.41, 5.74) is 0.235. The molecule has 10 heteroatoms. The monoisotopic (exact) mass is 527 g/mol.